The first kappa shape index (κ1) is 25.1. The summed E-state index contributed by atoms with van der Waals surface area (Å²) >= 11 is 0. The van der Waals surface area contributed by atoms with Crippen molar-refractivity contribution in [2.45, 2.75) is 57.9 Å². The summed E-state index contributed by atoms with van der Waals surface area (Å²) in [4.78, 5) is 19.8. The molecule has 0 aliphatic carbocycles. The number of benzene rings is 2. The molecule has 1 fully saturated rings. The number of likely N-dealkylation sites (tertiary alicyclic amines) is 1. The van der Waals surface area contributed by atoms with Gasteiger partial charge in [0.1, 0.15) is 24.2 Å². The van der Waals surface area contributed by atoms with Crippen molar-refractivity contribution < 1.29 is 19.4 Å². The van der Waals surface area contributed by atoms with Crippen molar-refractivity contribution in [3.63, 3.8) is 0 Å². The van der Waals surface area contributed by atoms with Gasteiger partial charge in [-0.05, 0) is 56.4 Å². The number of carbonyl (C=O) groups is 1. The van der Waals surface area contributed by atoms with Crippen LogP contribution in [0.3, 0.4) is 0 Å². The number of hydrogen-bond donors (Lipinski definition) is 1. The predicted octanol–water partition coefficient (Wildman–Crippen LogP) is 3.19. The second kappa shape index (κ2) is 11.2. The lowest BCUT2D eigenvalue weighted by atomic mass is 10.00. The van der Waals surface area contributed by atoms with Gasteiger partial charge in [-0.3, -0.25) is 9.69 Å². The number of hydrogen-bond acceptors (Lipinski definition) is 6. The Morgan fingerprint density at radius 3 is 2.58 bits per heavy atom. The van der Waals surface area contributed by atoms with Crippen molar-refractivity contribution in [1.29, 1.82) is 0 Å². The van der Waals surface area contributed by atoms with Gasteiger partial charge in [-0.2, -0.15) is 0 Å². The number of β-amino-alcohol motifs (C(OH)–C–C–N with tert-alkyl or cyclic N) is 1. The standard InChI is InChI=1S/C29H39N3O4/c1-21(2)31-13-10-25(11-14-31)36-26-7-8-27-28(17-26)35-16-15-32(29(27)34)20-24(33)19-30-12-9-22-5-3-4-6-23(22)18-30/h3-8,17,21,24-25,33H,9-16,18-20H2,1-2H3. The summed E-state index contributed by atoms with van der Waals surface area (Å²) in [5.74, 6) is 1.23. The highest BCUT2D eigenvalue weighted by molar-refractivity contribution is 5.97. The topological polar surface area (TPSA) is 65.5 Å². The van der Waals surface area contributed by atoms with Crippen LogP contribution in [-0.4, -0.2) is 89.8 Å². The third-order valence-electron chi connectivity index (χ3n) is 7.71. The summed E-state index contributed by atoms with van der Waals surface area (Å²) in [7, 11) is 0. The molecule has 194 valence electrons. The summed E-state index contributed by atoms with van der Waals surface area (Å²) in [5.41, 5.74) is 3.25. The zero-order valence-electron chi connectivity index (χ0n) is 21.6. The highest BCUT2D eigenvalue weighted by Crippen LogP contribution is 2.30. The fraction of sp³-hybridized carbons (Fsp3) is 0.552. The van der Waals surface area contributed by atoms with Crippen molar-refractivity contribution in [2.24, 2.45) is 0 Å². The van der Waals surface area contributed by atoms with E-state index in [-0.39, 0.29) is 12.0 Å². The van der Waals surface area contributed by atoms with Gasteiger partial charge in [0.15, 0.2) is 0 Å². The number of amides is 1. The quantitative estimate of drug-likeness (QED) is 0.639. The predicted molar refractivity (Wildman–Crippen MR) is 140 cm³/mol. The summed E-state index contributed by atoms with van der Waals surface area (Å²) in [6.45, 7) is 10.0. The van der Waals surface area contributed by atoms with E-state index in [1.54, 1.807) is 4.90 Å². The molecule has 0 aromatic heterocycles. The van der Waals surface area contributed by atoms with Gasteiger partial charge in [0.2, 0.25) is 0 Å². The molecule has 1 atom stereocenters. The molecule has 5 rings (SSSR count). The molecule has 2 aromatic rings. The van der Waals surface area contributed by atoms with Crippen LogP contribution < -0.4 is 9.47 Å². The molecule has 7 heteroatoms. The molecule has 3 aliphatic heterocycles. The van der Waals surface area contributed by atoms with E-state index >= 15 is 0 Å². The van der Waals surface area contributed by atoms with Crippen LogP contribution in [0.25, 0.3) is 0 Å². The lowest BCUT2D eigenvalue weighted by Crippen LogP contribution is -2.44. The van der Waals surface area contributed by atoms with Crippen LogP contribution in [0.5, 0.6) is 11.5 Å². The summed E-state index contributed by atoms with van der Waals surface area (Å²) in [6, 6.07) is 14.6. The maximum Gasteiger partial charge on any atom is 0.257 e. The van der Waals surface area contributed by atoms with E-state index in [4.69, 9.17) is 9.47 Å². The van der Waals surface area contributed by atoms with Crippen LogP contribution in [0, 0.1) is 0 Å². The number of fused-ring (bicyclic) bond motifs is 2. The summed E-state index contributed by atoms with van der Waals surface area (Å²) in [5, 5.41) is 10.8. The van der Waals surface area contributed by atoms with Gasteiger partial charge in [-0.15, -0.1) is 0 Å². The molecule has 1 unspecified atom stereocenters. The molecule has 2 aromatic carbocycles. The van der Waals surface area contributed by atoms with E-state index in [0.29, 0.717) is 43.6 Å². The Kier molecular flexibility index (Phi) is 7.79. The van der Waals surface area contributed by atoms with Gasteiger partial charge in [0.25, 0.3) is 5.91 Å². The van der Waals surface area contributed by atoms with Crippen molar-refractivity contribution in [3.8, 4) is 11.5 Å². The lowest BCUT2D eigenvalue weighted by Gasteiger charge is -2.34. The monoisotopic (exact) mass is 493 g/mol. The lowest BCUT2D eigenvalue weighted by molar-refractivity contribution is 0.0501. The molecule has 0 saturated carbocycles. The largest absolute Gasteiger partial charge is 0.491 e. The first-order valence-electron chi connectivity index (χ1n) is 13.4. The van der Waals surface area contributed by atoms with Crippen LogP contribution in [0.1, 0.15) is 48.2 Å². The molecule has 3 heterocycles. The molecule has 36 heavy (non-hydrogen) atoms. The van der Waals surface area contributed by atoms with Gasteiger partial charge in [-0.25, -0.2) is 0 Å². The number of nitrogens with zero attached hydrogens (tertiary/aromatic N) is 3. The molecule has 1 amide bonds. The SMILES string of the molecule is CC(C)N1CCC(Oc2ccc3c(c2)OCCN(CC(O)CN2CCc4ccccc4C2)C3=O)CC1. The van der Waals surface area contributed by atoms with E-state index < -0.39 is 6.10 Å². The zero-order valence-corrected chi connectivity index (χ0v) is 21.6. The number of carbonyl (C=O) groups excluding carboxylic acids is 1. The van der Waals surface area contributed by atoms with E-state index in [9.17, 15) is 9.90 Å². The highest BCUT2D eigenvalue weighted by atomic mass is 16.5. The number of rotatable bonds is 7. The molecule has 3 aliphatic rings. The van der Waals surface area contributed by atoms with Crippen LogP contribution in [-0.2, 0) is 13.0 Å². The van der Waals surface area contributed by atoms with Gasteiger partial charge in [0, 0.05) is 51.4 Å². The first-order chi connectivity index (χ1) is 17.5. The molecule has 0 radical (unpaired) electrons. The summed E-state index contributed by atoms with van der Waals surface area (Å²) in [6.07, 6.45) is 2.58. The molecule has 7 nitrogen and oxygen atoms in total. The molecule has 0 spiro atoms. The van der Waals surface area contributed by atoms with E-state index in [1.807, 2.05) is 18.2 Å². The Morgan fingerprint density at radius 2 is 1.81 bits per heavy atom. The minimum absolute atomic E-state index is 0.0951. The van der Waals surface area contributed by atoms with E-state index in [2.05, 4.69) is 47.9 Å². The second-order valence-corrected chi connectivity index (χ2v) is 10.6. The molecule has 1 N–H and O–H groups in total. The van der Waals surface area contributed by atoms with Crippen molar-refractivity contribution >= 4 is 5.91 Å². The van der Waals surface area contributed by atoms with E-state index in [1.165, 1.54) is 11.1 Å². The normalized spacial score (nSPS) is 20.4. The number of aliphatic hydroxyl groups is 1. The number of ether oxygens (including phenoxy) is 2. The average Bonchev–Trinajstić information content (AvgIpc) is 3.02. The van der Waals surface area contributed by atoms with Gasteiger partial charge >= 0.3 is 0 Å². The van der Waals surface area contributed by atoms with Crippen molar-refractivity contribution in [3.05, 3.63) is 59.2 Å². The maximum absolute atomic E-state index is 13.3. The fourth-order valence-electron chi connectivity index (χ4n) is 5.61. The zero-order chi connectivity index (χ0) is 25.1. The minimum Gasteiger partial charge on any atom is -0.491 e. The maximum atomic E-state index is 13.3. The molecule has 0 bridgehead atoms. The second-order valence-electron chi connectivity index (χ2n) is 10.6. The Balaban J connectivity index is 1.16. The van der Waals surface area contributed by atoms with Gasteiger partial charge < -0.3 is 24.4 Å². The number of aliphatic hydroxyl groups excluding tert-OH is 1. The average molecular weight is 494 g/mol. The first-order valence-corrected chi connectivity index (χ1v) is 13.4. The van der Waals surface area contributed by atoms with Crippen LogP contribution >= 0.6 is 0 Å². The molecular formula is C29H39N3O4. The van der Waals surface area contributed by atoms with Gasteiger partial charge in [-0.1, -0.05) is 24.3 Å². The smallest absolute Gasteiger partial charge is 0.257 e. The highest BCUT2D eigenvalue weighted by Gasteiger charge is 2.28. The minimum atomic E-state index is -0.611. The third-order valence-corrected chi connectivity index (χ3v) is 7.71. The third kappa shape index (κ3) is 5.85. The fourth-order valence-corrected chi connectivity index (χ4v) is 5.61. The van der Waals surface area contributed by atoms with Gasteiger partial charge in [0.05, 0.1) is 18.2 Å². The van der Waals surface area contributed by atoms with Crippen LogP contribution in [0.4, 0.5) is 0 Å². The number of piperidine rings is 1. The Morgan fingerprint density at radius 1 is 1.03 bits per heavy atom. The van der Waals surface area contributed by atoms with Crippen molar-refractivity contribution in [2.75, 3.05) is 45.9 Å². The van der Waals surface area contributed by atoms with Crippen LogP contribution in [0.2, 0.25) is 0 Å². The molecular weight excluding hydrogens is 454 g/mol. The Labute approximate surface area is 214 Å². The summed E-state index contributed by atoms with van der Waals surface area (Å²) < 4.78 is 12.2. The van der Waals surface area contributed by atoms with Crippen molar-refractivity contribution in [1.82, 2.24) is 14.7 Å². The van der Waals surface area contributed by atoms with Crippen LogP contribution in [0.15, 0.2) is 42.5 Å². The molecule has 1 saturated heterocycles. The Hall–Kier alpha value is -2.61. The van der Waals surface area contributed by atoms with E-state index in [0.717, 1.165) is 51.2 Å². The Bertz CT molecular complexity index is 1050.